The maximum atomic E-state index is 11.4. The van der Waals surface area contributed by atoms with E-state index in [4.69, 9.17) is 0 Å². The van der Waals surface area contributed by atoms with E-state index in [1.165, 1.54) is 22.9 Å². The monoisotopic (exact) mass is 315 g/mol. The van der Waals surface area contributed by atoms with Gasteiger partial charge in [0.25, 0.3) is 0 Å². The number of fused-ring (bicyclic) bond motifs is 1. The predicted molar refractivity (Wildman–Crippen MR) is 89.7 cm³/mol. The molecule has 3 rings (SSSR count). The fraction of sp³-hybridized carbons (Fsp3) is 0.333. The van der Waals surface area contributed by atoms with E-state index in [0.29, 0.717) is 12.5 Å². The summed E-state index contributed by atoms with van der Waals surface area (Å²) < 4.78 is 22.9. The minimum atomic E-state index is -2.92. The van der Waals surface area contributed by atoms with Gasteiger partial charge in [-0.2, -0.15) is 0 Å². The lowest BCUT2D eigenvalue weighted by Gasteiger charge is -2.35. The fourth-order valence-electron chi connectivity index (χ4n) is 3.12. The molecule has 3 nitrogen and oxygen atoms in total. The van der Waals surface area contributed by atoms with Crippen molar-refractivity contribution >= 4 is 9.84 Å². The molecule has 1 aliphatic heterocycles. The maximum absolute atomic E-state index is 11.4. The Balaban J connectivity index is 1.88. The van der Waals surface area contributed by atoms with E-state index in [-0.39, 0.29) is 5.75 Å². The molecule has 116 valence electrons. The summed E-state index contributed by atoms with van der Waals surface area (Å²) in [5, 5.41) is 0. The van der Waals surface area contributed by atoms with Crippen LogP contribution in [-0.4, -0.2) is 38.4 Å². The molecule has 0 saturated heterocycles. The third-order valence-electron chi connectivity index (χ3n) is 4.25. The van der Waals surface area contributed by atoms with Gasteiger partial charge in [-0.3, -0.25) is 4.90 Å². The molecule has 22 heavy (non-hydrogen) atoms. The summed E-state index contributed by atoms with van der Waals surface area (Å²) in [7, 11) is -2.92. The van der Waals surface area contributed by atoms with Gasteiger partial charge in [0.05, 0.1) is 5.75 Å². The second-order valence-corrected chi connectivity index (χ2v) is 8.29. The molecule has 0 spiro atoms. The molecule has 0 fully saturated rings. The van der Waals surface area contributed by atoms with Crippen LogP contribution in [0, 0.1) is 0 Å². The van der Waals surface area contributed by atoms with Gasteiger partial charge in [-0.25, -0.2) is 8.42 Å². The van der Waals surface area contributed by atoms with E-state index in [2.05, 4.69) is 53.4 Å². The minimum Gasteiger partial charge on any atom is -0.297 e. The van der Waals surface area contributed by atoms with E-state index in [9.17, 15) is 8.42 Å². The highest BCUT2D eigenvalue weighted by atomic mass is 32.2. The van der Waals surface area contributed by atoms with Crippen molar-refractivity contribution < 1.29 is 8.42 Å². The highest BCUT2D eigenvalue weighted by Gasteiger charge is 2.26. The number of hydrogen-bond acceptors (Lipinski definition) is 3. The van der Waals surface area contributed by atoms with Crippen LogP contribution in [0.25, 0.3) is 0 Å². The van der Waals surface area contributed by atoms with Crippen LogP contribution in [0.3, 0.4) is 0 Å². The van der Waals surface area contributed by atoms with Gasteiger partial charge < -0.3 is 0 Å². The van der Waals surface area contributed by atoms with Gasteiger partial charge in [0, 0.05) is 31.8 Å². The van der Waals surface area contributed by atoms with Gasteiger partial charge in [0.1, 0.15) is 9.84 Å². The Morgan fingerprint density at radius 1 is 1.05 bits per heavy atom. The first-order valence-electron chi connectivity index (χ1n) is 7.56. The van der Waals surface area contributed by atoms with E-state index >= 15 is 0 Å². The molecular formula is C18H21NO2S. The molecule has 0 radical (unpaired) electrons. The Kier molecular flexibility index (Phi) is 4.32. The molecule has 2 aromatic rings. The average Bonchev–Trinajstić information content (AvgIpc) is 2.52. The maximum Gasteiger partial charge on any atom is 0.148 e. The standard InChI is InChI=1S/C18H21NO2S/c1-22(20,21)12-11-19-13-16-9-5-6-10-17(16)18(14-19)15-7-3-2-4-8-15/h2-10,18H,11-14H2,1H3/t18-/m1/s1. The molecule has 0 aromatic heterocycles. The summed E-state index contributed by atoms with van der Waals surface area (Å²) in [4.78, 5) is 2.25. The zero-order chi connectivity index (χ0) is 15.6. The molecule has 0 amide bonds. The molecular weight excluding hydrogens is 294 g/mol. The molecule has 0 aliphatic carbocycles. The second kappa shape index (κ2) is 6.23. The molecule has 0 saturated carbocycles. The van der Waals surface area contributed by atoms with Crippen LogP contribution in [0.15, 0.2) is 54.6 Å². The van der Waals surface area contributed by atoms with E-state index in [1.54, 1.807) is 0 Å². The van der Waals surface area contributed by atoms with Gasteiger partial charge in [-0.15, -0.1) is 0 Å². The van der Waals surface area contributed by atoms with Crippen LogP contribution in [0.2, 0.25) is 0 Å². The third-order valence-corrected chi connectivity index (χ3v) is 5.17. The molecule has 1 atom stereocenters. The molecule has 1 heterocycles. The largest absolute Gasteiger partial charge is 0.297 e. The topological polar surface area (TPSA) is 37.4 Å². The van der Waals surface area contributed by atoms with Crippen LogP contribution in [0.4, 0.5) is 0 Å². The molecule has 0 unspecified atom stereocenters. The summed E-state index contributed by atoms with van der Waals surface area (Å²) in [6, 6.07) is 18.9. The van der Waals surface area contributed by atoms with Gasteiger partial charge in [-0.1, -0.05) is 54.6 Å². The van der Waals surface area contributed by atoms with Crippen LogP contribution < -0.4 is 0 Å². The first-order chi connectivity index (χ1) is 10.5. The lowest BCUT2D eigenvalue weighted by Crippen LogP contribution is -2.37. The lowest BCUT2D eigenvalue weighted by molar-refractivity contribution is 0.254. The van der Waals surface area contributed by atoms with Crippen LogP contribution >= 0.6 is 0 Å². The summed E-state index contributed by atoms with van der Waals surface area (Å²) in [6.07, 6.45) is 1.31. The molecule has 4 heteroatoms. The Hall–Kier alpha value is -1.65. The van der Waals surface area contributed by atoms with Gasteiger partial charge >= 0.3 is 0 Å². The highest BCUT2D eigenvalue weighted by molar-refractivity contribution is 7.90. The Labute approximate surface area is 132 Å². The van der Waals surface area contributed by atoms with Crippen molar-refractivity contribution in [2.24, 2.45) is 0 Å². The van der Waals surface area contributed by atoms with Crippen LogP contribution in [0.5, 0.6) is 0 Å². The van der Waals surface area contributed by atoms with Crippen molar-refractivity contribution in [3.63, 3.8) is 0 Å². The molecule has 1 aliphatic rings. The zero-order valence-electron chi connectivity index (χ0n) is 12.8. The summed E-state index contributed by atoms with van der Waals surface area (Å²) in [5.74, 6) is 0.530. The van der Waals surface area contributed by atoms with Crippen LogP contribution in [-0.2, 0) is 16.4 Å². The van der Waals surface area contributed by atoms with Crippen molar-refractivity contribution in [3.8, 4) is 0 Å². The highest BCUT2D eigenvalue weighted by Crippen LogP contribution is 2.33. The minimum absolute atomic E-state index is 0.219. The van der Waals surface area contributed by atoms with E-state index in [1.807, 2.05) is 6.07 Å². The van der Waals surface area contributed by atoms with Gasteiger partial charge in [-0.05, 0) is 16.7 Å². The summed E-state index contributed by atoms with van der Waals surface area (Å²) in [6.45, 7) is 2.29. The van der Waals surface area contributed by atoms with Crippen LogP contribution in [0.1, 0.15) is 22.6 Å². The smallest absolute Gasteiger partial charge is 0.148 e. The van der Waals surface area contributed by atoms with Gasteiger partial charge in [0.2, 0.25) is 0 Å². The quantitative estimate of drug-likeness (QED) is 0.870. The average molecular weight is 315 g/mol. The van der Waals surface area contributed by atoms with Crippen molar-refractivity contribution in [2.45, 2.75) is 12.5 Å². The number of rotatable bonds is 4. The Bertz CT molecular complexity index is 741. The molecule has 2 aromatic carbocycles. The lowest BCUT2D eigenvalue weighted by atomic mass is 9.85. The Morgan fingerprint density at radius 3 is 2.45 bits per heavy atom. The van der Waals surface area contributed by atoms with Crippen molar-refractivity contribution in [2.75, 3.05) is 25.1 Å². The van der Waals surface area contributed by atoms with E-state index < -0.39 is 9.84 Å². The van der Waals surface area contributed by atoms with Crippen molar-refractivity contribution in [1.82, 2.24) is 4.90 Å². The SMILES string of the molecule is CS(=O)(=O)CCN1Cc2ccccc2[C@@H](c2ccccc2)C1. The zero-order valence-corrected chi connectivity index (χ0v) is 13.6. The second-order valence-electron chi connectivity index (χ2n) is 6.03. The van der Waals surface area contributed by atoms with Crippen molar-refractivity contribution in [1.29, 1.82) is 0 Å². The molecule has 0 bridgehead atoms. The number of benzene rings is 2. The number of sulfone groups is 1. The first kappa shape index (κ1) is 15.3. The molecule has 0 N–H and O–H groups in total. The predicted octanol–water partition coefficient (Wildman–Crippen LogP) is 2.68. The van der Waals surface area contributed by atoms with Gasteiger partial charge in [0.15, 0.2) is 0 Å². The normalized spacial score (nSPS) is 18.9. The number of nitrogens with zero attached hydrogens (tertiary/aromatic N) is 1. The number of hydrogen-bond donors (Lipinski definition) is 0. The van der Waals surface area contributed by atoms with Crippen molar-refractivity contribution in [3.05, 3.63) is 71.3 Å². The summed E-state index contributed by atoms with van der Waals surface area (Å²) >= 11 is 0. The first-order valence-corrected chi connectivity index (χ1v) is 9.62. The van der Waals surface area contributed by atoms with E-state index in [0.717, 1.165) is 13.1 Å². The Morgan fingerprint density at radius 2 is 1.73 bits per heavy atom. The fourth-order valence-corrected chi connectivity index (χ4v) is 3.71. The third kappa shape index (κ3) is 3.57. The summed E-state index contributed by atoms with van der Waals surface area (Å²) in [5.41, 5.74) is 3.96.